The van der Waals surface area contributed by atoms with E-state index in [1.165, 1.54) is 25.1 Å². The number of phenolic OH excluding ortho intramolecular Hbond substituents is 3. The Morgan fingerprint density at radius 1 is 0.824 bits per heavy atom. The number of morpholine rings is 1. The maximum atomic E-state index is 13.9. The quantitative estimate of drug-likeness (QED) is 0.113. The molecule has 4 heterocycles. The Morgan fingerprint density at radius 2 is 1.53 bits per heavy atom. The van der Waals surface area contributed by atoms with Gasteiger partial charge in [0.1, 0.15) is 71.8 Å². The zero-order chi connectivity index (χ0) is 36.6. The van der Waals surface area contributed by atoms with E-state index in [4.69, 9.17) is 32.8 Å². The first-order valence-electron chi connectivity index (χ1n) is 16.3. The molecule has 2 aromatic carbocycles. The molecule has 0 aliphatic carbocycles. The summed E-state index contributed by atoms with van der Waals surface area (Å²) in [7, 11) is 0. The molecule has 3 aliphatic rings. The first-order chi connectivity index (χ1) is 24.3. The first kappa shape index (κ1) is 37.0. The molecule has 3 aromatic rings. The van der Waals surface area contributed by atoms with Gasteiger partial charge in [0, 0.05) is 37.3 Å². The van der Waals surface area contributed by atoms with Crippen molar-refractivity contribution in [2.75, 3.05) is 46.1 Å². The minimum atomic E-state index is -1.96. The molecule has 10 atom stereocenters. The molecule has 3 saturated heterocycles. The zero-order valence-corrected chi connectivity index (χ0v) is 27.3. The monoisotopic (exact) mass is 723 g/mol. The van der Waals surface area contributed by atoms with Crippen molar-refractivity contribution >= 4 is 11.0 Å². The van der Waals surface area contributed by atoms with E-state index in [0.717, 1.165) is 25.2 Å². The standard InChI is InChI=1S/C33H41NO17/c1-14-23(38)26(41)28(43)32(48-14)47-13-21-24(39)27(42)29(44)33(50-21)51-31-25(40)22-18(37)11-16(35)12-20(22)49-30(31)15-2-3-19(17(36)10-15)46-9-6-34-4-7-45-8-5-34/h2-3,10-12,14,21,23-24,26-29,32-33,35-39,41-44H,4-9,13H2,1H3. The van der Waals surface area contributed by atoms with Gasteiger partial charge in [-0.3, -0.25) is 9.69 Å². The van der Waals surface area contributed by atoms with Crippen molar-refractivity contribution in [3.05, 3.63) is 40.6 Å². The number of aliphatic hydroxyl groups is 6. The Hall–Kier alpha value is -3.79. The van der Waals surface area contributed by atoms with E-state index in [1.807, 2.05) is 0 Å². The van der Waals surface area contributed by atoms with Gasteiger partial charge in [0.05, 0.1) is 25.9 Å². The number of rotatable bonds is 10. The van der Waals surface area contributed by atoms with Crippen molar-refractivity contribution in [3.8, 4) is 40.1 Å². The molecule has 1 aromatic heterocycles. The van der Waals surface area contributed by atoms with E-state index in [2.05, 4.69) is 4.90 Å². The molecule has 280 valence electrons. The number of nitrogens with zero attached hydrogens (tertiary/aromatic N) is 1. The Balaban J connectivity index is 1.27. The van der Waals surface area contributed by atoms with Gasteiger partial charge >= 0.3 is 0 Å². The Bertz CT molecular complexity index is 1730. The Labute approximate surface area is 289 Å². The van der Waals surface area contributed by atoms with Crippen LogP contribution in [0.15, 0.2) is 39.5 Å². The van der Waals surface area contributed by atoms with E-state index in [9.17, 15) is 50.8 Å². The third kappa shape index (κ3) is 7.71. The molecular formula is C33H41NO17. The van der Waals surface area contributed by atoms with Gasteiger partial charge in [-0.1, -0.05) is 0 Å². The predicted molar refractivity (Wildman–Crippen MR) is 171 cm³/mol. The number of benzene rings is 2. The van der Waals surface area contributed by atoms with Crippen LogP contribution < -0.4 is 14.9 Å². The summed E-state index contributed by atoms with van der Waals surface area (Å²) in [6.07, 6.45) is -16.1. The minimum Gasteiger partial charge on any atom is -0.508 e. The number of aromatic hydroxyl groups is 3. The molecule has 18 heteroatoms. The van der Waals surface area contributed by atoms with Crippen LogP contribution in [0.4, 0.5) is 0 Å². The van der Waals surface area contributed by atoms with Crippen LogP contribution in [-0.2, 0) is 18.9 Å². The number of phenols is 3. The van der Waals surface area contributed by atoms with Crippen molar-refractivity contribution in [1.82, 2.24) is 4.90 Å². The molecule has 0 bridgehead atoms. The van der Waals surface area contributed by atoms with E-state index >= 15 is 0 Å². The predicted octanol–water partition coefficient (Wildman–Crippen LogP) is -1.68. The average Bonchev–Trinajstić information content (AvgIpc) is 3.10. The fraction of sp³-hybridized carbons (Fsp3) is 0.545. The molecule has 6 rings (SSSR count). The fourth-order valence-corrected chi connectivity index (χ4v) is 6.06. The lowest BCUT2D eigenvalue weighted by Gasteiger charge is -2.42. The highest BCUT2D eigenvalue weighted by Gasteiger charge is 2.48. The number of aliphatic hydroxyl groups excluding tert-OH is 6. The van der Waals surface area contributed by atoms with Crippen molar-refractivity contribution in [1.29, 1.82) is 0 Å². The third-order valence-corrected chi connectivity index (χ3v) is 9.04. The minimum absolute atomic E-state index is 0.0638. The van der Waals surface area contributed by atoms with Crippen LogP contribution in [0.2, 0.25) is 0 Å². The van der Waals surface area contributed by atoms with Gasteiger partial charge in [-0.25, -0.2) is 0 Å². The third-order valence-electron chi connectivity index (χ3n) is 9.04. The number of hydrogen-bond donors (Lipinski definition) is 9. The molecule has 51 heavy (non-hydrogen) atoms. The SMILES string of the molecule is CC1OC(OCC2OC(Oc3c(-c4ccc(OCCN5CCOCC5)c(O)c4)oc4cc(O)cc(O)c4c3=O)C(O)C(O)C2O)C(O)C(O)C1O. The highest BCUT2D eigenvalue weighted by molar-refractivity contribution is 5.88. The summed E-state index contributed by atoms with van der Waals surface area (Å²) in [6, 6.07) is 6.06. The summed E-state index contributed by atoms with van der Waals surface area (Å²) in [5, 5.41) is 93.6. The molecule has 0 spiro atoms. The summed E-state index contributed by atoms with van der Waals surface area (Å²) < 4.78 is 39.5. The molecule has 10 unspecified atom stereocenters. The normalized spacial score (nSPS) is 31.8. The van der Waals surface area contributed by atoms with Gasteiger partial charge in [-0.05, 0) is 25.1 Å². The molecule has 18 nitrogen and oxygen atoms in total. The molecule has 0 radical (unpaired) electrons. The fourth-order valence-electron chi connectivity index (χ4n) is 6.06. The second-order valence-corrected chi connectivity index (χ2v) is 12.6. The van der Waals surface area contributed by atoms with Crippen LogP contribution in [0.25, 0.3) is 22.3 Å². The smallest absolute Gasteiger partial charge is 0.239 e. The van der Waals surface area contributed by atoms with E-state index in [1.54, 1.807) is 0 Å². The lowest BCUT2D eigenvalue weighted by atomic mass is 9.98. The number of ether oxygens (including phenoxy) is 6. The summed E-state index contributed by atoms with van der Waals surface area (Å²) in [5.74, 6) is -2.27. The number of hydrogen-bond acceptors (Lipinski definition) is 18. The first-order valence-corrected chi connectivity index (χ1v) is 16.3. The Morgan fingerprint density at radius 3 is 2.25 bits per heavy atom. The maximum Gasteiger partial charge on any atom is 0.239 e. The molecule has 3 aliphatic heterocycles. The van der Waals surface area contributed by atoms with Crippen molar-refractivity contribution in [2.45, 2.75) is 68.3 Å². The van der Waals surface area contributed by atoms with Gasteiger partial charge < -0.3 is 78.8 Å². The summed E-state index contributed by atoms with van der Waals surface area (Å²) in [4.78, 5) is 16.0. The molecule has 3 fully saturated rings. The zero-order valence-electron chi connectivity index (χ0n) is 27.3. The lowest BCUT2D eigenvalue weighted by Crippen LogP contribution is -2.61. The van der Waals surface area contributed by atoms with Crippen LogP contribution in [0.1, 0.15) is 6.92 Å². The topological polar surface area (TPSA) is 271 Å². The van der Waals surface area contributed by atoms with Crippen molar-refractivity contribution in [2.24, 2.45) is 0 Å². The van der Waals surface area contributed by atoms with Gasteiger partial charge in [-0.15, -0.1) is 0 Å². The summed E-state index contributed by atoms with van der Waals surface area (Å²) in [6.45, 7) is 4.41. The maximum absolute atomic E-state index is 13.9. The molecular weight excluding hydrogens is 682 g/mol. The van der Waals surface area contributed by atoms with Crippen molar-refractivity contribution < 1.29 is 78.8 Å². The lowest BCUT2D eigenvalue weighted by molar-refractivity contribution is -0.318. The molecule has 9 N–H and O–H groups in total. The van der Waals surface area contributed by atoms with E-state index < -0.39 is 96.1 Å². The van der Waals surface area contributed by atoms with Crippen LogP contribution in [-0.4, -0.2) is 158 Å². The average molecular weight is 724 g/mol. The number of fused-ring (bicyclic) bond motifs is 1. The Kier molecular flexibility index (Phi) is 11.2. The van der Waals surface area contributed by atoms with E-state index in [0.29, 0.717) is 19.8 Å². The second kappa shape index (κ2) is 15.4. The highest BCUT2D eigenvalue weighted by atomic mass is 16.7. The summed E-state index contributed by atoms with van der Waals surface area (Å²) in [5.41, 5.74) is -1.18. The van der Waals surface area contributed by atoms with Gasteiger partial charge in [0.15, 0.2) is 23.5 Å². The van der Waals surface area contributed by atoms with Crippen LogP contribution in [0, 0.1) is 0 Å². The van der Waals surface area contributed by atoms with Crippen LogP contribution in [0.3, 0.4) is 0 Å². The van der Waals surface area contributed by atoms with E-state index in [-0.39, 0.29) is 35.0 Å². The molecule has 0 saturated carbocycles. The van der Waals surface area contributed by atoms with Gasteiger partial charge in [0.25, 0.3) is 0 Å². The highest BCUT2D eigenvalue weighted by Crippen LogP contribution is 2.40. The summed E-state index contributed by atoms with van der Waals surface area (Å²) >= 11 is 0. The van der Waals surface area contributed by atoms with Gasteiger partial charge in [-0.2, -0.15) is 0 Å². The van der Waals surface area contributed by atoms with Crippen LogP contribution in [0.5, 0.6) is 28.7 Å². The van der Waals surface area contributed by atoms with Gasteiger partial charge in [0.2, 0.25) is 17.5 Å². The largest absolute Gasteiger partial charge is 0.508 e. The van der Waals surface area contributed by atoms with Crippen molar-refractivity contribution in [3.63, 3.8) is 0 Å². The molecule has 0 amide bonds. The second-order valence-electron chi connectivity index (χ2n) is 12.6. The van der Waals surface area contributed by atoms with Crippen LogP contribution >= 0.6 is 0 Å².